The van der Waals surface area contributed by atoms with Crippen molar-refractivity contribution < 1.29 is 19.1 Å². The quantitative estimate of drug-likeness (QED) is 0.117. The number of imide groups is 1. The monoisotopic (exact) mass is 1080 g/mol. The van der Waals surface area contributed by atoms with Gasteiger partial charge in [0.1, 0.15) is 12.1 Å². The first-order chi connectivity index (χ1) is 37.0. The van der Waals surface area contributed by atoms with E-state index in [1.54, 1.807) is 11.8 Å². The SMILES string of the molecule is CC(C)C(=O)N1Cc2ccccc2C2C(N=NN2C(C)C)c2ccccc21.CC(C)SC1CC(=O)N(C(C)C)C1=O.CC(C)c1cn(C(C)C)nn1.Cc1nnc(-c2ccc(C(C)C)cc2)c2c1CC(OC(C)C)CCCC2. The smallest absolute Gasteiger partial charge is 0.243 e. The number of rotatable bonds is 11. The van der Waals surface area contributed by atoms with E-state index in [0.29, 0.717) is 36.1 Å². The number of thioether (sulfide) groups is 1. The van der Waals surface area contributed by atoms with E-state index in [1.165, 1.54) is 45.6 Å². The summed E-state index contributed by atoms with van der Waals surface area (Å²) < 4.78 is 8.06. The van der Waals surface area contributed by atoms with E-state index in [0.717, 1.165) is 53.2 Å². The van der Waals surface area contributed by atoms with Crippen molar-refractivity contribution in [3.63, 3.8) is 0 Å². The highest BCUT2D eigenvalue weighted by atomic mass is 32.2. The lowest BCUT2D eigenvalue weighted by molar-refractivity contribution is -0.140. The molecule has 5 aromatic rings. The van der Waals surface area contributed by atoms with E-state index in [4.69, 9.17) is 4.74 Å². The van der Waals surface area contributed by atoms with Crippen LogP contribution in [0, 0.1) is 12.8 Å². The van der Waals surface area contributed by atoms with Gasteiger partial charge in [0.25, 0.3) is 0 Å². The highest BCUT2D eigenvalue weighted by Gasteiger charge is 2.42. The minimum atomic E-state index is -0.148. The van der Waals surface area contributed by atoms with Crippen LogP contribution in [0.25, 0.3) is 11.3 Å². The zero-order valence-corrected chi connectivity index (χ0v) is 50.7. The third-order valence-electron chi connectivity index (χ3n) is 14.5. The molecular weight excluding hydrogens is 993 g/mol. The number of anilines is 1. The van der Waals surface area contributed by atoms with Gasteiger partial charge in [-0.15, -0.1) is 22.0 Å². The van der Waals surface area contributed by atoms with Crippen LogP contribution in [0.15, 0.2) is 89.3 Å². The minimum Gasteiger partial charge on any atom is -0.375 e. The van der Waals surface area contributed by atoms with Crippen LogP contribution in [0.5, 0.6) is 0 Å². The van der Waals surface area contributed by atoms with Crippen LogP contribution in [0.2, 0.25) is 0 Å². The summed E-state index contributed by atoms with van der Waals surface area (Å²) in [5, 5.41) is 28.7. The fraction of sp³-hybridized carbons (Fsp3) is 0.571. The second-order valence-electron chi connectivity index (χ2n) is 23.5. The van der Waals surface area contributed by atoms with Crippen molar-refractivity contribution in [3.05, 3.63) is 124 Å². The summed E-state index contributed by atoms with van der Waals surface area (Å²) in [6.07, 6.45) is 8.51. The summed E-state index contributed by atoms with van der Waals surface area (Å²) in [7, 11) is 0. The number of carbonyl (C=O) groups is 3. The Balaban J connectivity index is 0.000000179. The number of hydrogen-bond donors (Lipinski definition) is 0. The summed E-state index contributed by atoms with van der Waals surface area (Å²) >= 11 is 1.58. The Labute approximate surface area is 471 Å². The van der Waals surface area contributed by atoms with Crippen LogP contribution in [0.4, 0.5) is 5.69 Å². The molecule has 0 bridgehead atoms. The molecule has 1 aliphatic carbocycles. The number of nitrogens with zero attached hydrogens (tertiary/aromatic N) is 10. The predicted molar refractivity (Wildman–Crippen MR) is 316 cm³/mol. The fourth-order valence-corrected chi connectivity index (χ4v) is 11.5. The minimum absolute atomic E-state index is 0.00670. The van der Waals surface area contributed by atoms with E-state index < -0.39 is 0 Å². The van der Waals surface area contributed by atoms with Crippen molar-refractivity contribution in [1.82, 2.24) is 35.1 Å². The predicted octanol–water partition coefficient (Wildman–Crippen LogP) is 14.3. The van der Waals surface area contributed by atoms with Gasteiger partial charge < -0.3 is 9.64 Å². The highest BCUT2D eigenvalue weighted by molar-refractivity contribution is 8.01. The largest absolute Gasteiger partial charge is 0.375 e. The van der Waals surface area contributed by atoms with Gasteiger partial charge in [0.2, 0.25) is 17.7 Å². The number of ether oxygens (including phenoxy) is 1. The molecule has 14 nitrogen and oxygen atoms in total. The standard InChI is InChI=1S/C23H32N2O.C22H26N4O.C10H17NO2S.C8H15N3/c1-15(2)18-10-12-19(13-11-18)23-21-9-7-6-8-20(26-16(3)4)14-22(21)17(5)24-25-23;1-14(2)22(27)25-13-16-9-5-6-10-17(16)21-20(23-24-26(21)15(3)4)18-11-7-8-12-19(18)25;1-6(2)11-9(12)5-8(10(11)13)14-7(3)4;1-6(2)8-5-11(7(3)4)10-9-8/h10-13,15-16,20H,6-9,14H2,1-5H3;5-12,14-15,20-21H,13H2,1-4H3;6-8H,5H2,1-4H3;5-7H,1-4H3. The number of benzene rings is 3. The van der Waals surface area contributed by atoms with Gasteiger partial charge in [-0.3, -0.25) is 24.3 Å². The van der Waals surface area contributed by atoms with Crippen molar-refractivity contribution in [1.29, 1.82) is 0 Å². The van der Waals surface area contributed by atoms with E-state index in [1.807, 2.05) is 81.6 Å². The lowest BCUT2D eigenvalue weighted by Gasteiger charge is -2.36. The number of hydrogen-bond acceptors (Lipinski definition) is 12. The van der Waals surface area contributed by atoms with Crippen molar-refractivity contribution in [2.75, 3.05) is 4.90 Å². The molecule has 9 rings (SSSR count). The van der Waals surface area contributed by atoms with Crippen LogP contribution >= 0.6 is 11.8 Å². The van der Waals surface area contributed by atoms with E-state index in [-0.39, 0.29) is 65.3 Å². The molecule has 0 saturated carbocycles. The average molecular weight is 1080 g/mol. The molecule has 78 heavy (non-hydrogen) atoms. The van der Waals surface area contributed by atoms with Gasteiger partial charge in [0.05, 0.1) is 41.1 Å². The summed E-state index contributed by atoms with van der Waals surface area (Å²) in [6.45, 7) is 35.8. The maximum absolute atomic E-state index is 13.1. The summed E-state index contributed by atoms with van der Waals surface area (Å²) in [5.74, 6) is 1.04. The van der Waals surface area contributed by atoms with Crippen molar-refractivity contribution >= 4 is 35.2 Å². The lowest BCUT2D eigenvalue weighted by atomic mass is 9.87. The molecule has 4 unspecified atom stereocenters. The Morgan fingerprint density at radius 1 is 0.705 bits per heavy atom. The molecule has 15 heteroatoms. The van der Waals surface area contributed by atoms with Gasteiger partial charge in [0.15, 0.2) is 0 Å². The van der Waals surface area contributed by atoms with Gasteiger partial charge in [-0.25, -0.2) is 4.68 Å². The van der Waals surface area contributed by atoms with Crippen LogP contribution in [-0.4, -0.2) is 87.6 Å². The molecule has 0 N–H and O–H groups in total. The first-order valence-corrected chi connectivity index (χ1v) is 29.6. The van der Waals surface area contributed by atoms with Gasteiger partial charge in [0, 0.05) is 59.9 Å². The zero-order valence-electron chi connectivity index (χ0n) is 49.9. The number of amides is 3. The fourth-order valence-electron chi connectivity index (χ4n) is 10.4. The highest BCUT2D eigenvalue weighted by Crippen LogP contribution is 2.49. The molecule has 4 atom stereocenters. The number of aryl methyl sites for hydroxylation is 1. The number of para-hydroxylation sites is 1. The molecule has 422 valence electrons. The van der Waals surface area contributed by atoms with Gasteiger partial charge in [-0.2, -0.15) is 10.2 Å². The molecule has 5 heterocycles. The Bertz CT molecular complexity index is 2780. The molecule has 4 aliphatic rings. The van der Waals surface area contributed by atoms with Gasteiger partial charge in [-0.05, 0) is 133 Å². The first kappa shape index (κ1) is 61.4. The van der Waals surface area contributed by atoms with Crippen LogP contribution < -0.4 is 4.90 Å². The van der Waals surface area contributed by atoms with Crippen LogP contribution in [0.1, 0.15) is 211 Å². The van der Waals surface area contributed by atoms with Crippen molar-refractivity contribution in [2.24, 2.45) is 16.3 Å². The molecule has 3 aliphatic heterocycles. The third kappa shape index (κ3) is 15.3. The second-order valence-corrected chi connectivity index (χ2v) is 25.3. The van der Waals surface area contributed by atoms with E-state index in [9.17, 15) is 14.4 Å². The number of fused-ring (bicyclic) bond motifs is 6. The average Bonchev–Trinajstić information content (AvgIpc) is 4.13. The van der Waals surface area contributed by atoms with Crippen molar-refractivity contribution in [2.45, 2.75) is 228 Å². The maximum Gasteiger partial charge on any atom is 0.243 e. The Morgan fingerprint density at radius 2 is 1.37 bits per heavy atom. The molecule has 2 aromatic heterocycles. The van der Waals surface area contributed by atoms with E-state index in [2.05, 4.69) is 161 Å². The summed E-state index contributed by atoms with van der Waals surface area (Å²) in [4.78, 5) is 39.7. The lowest BCUT2D eigenvalue weighted by Crippen LogP contribution is -2.38. The van der Waals surface area contributed by atoms with Crippen molar-refractivity contribution in [3.8, 4) is 11.3 Å². The topological polar surface area (TPSA) is 151 Å². The Kier molecular flexibility index (Phi) is 21.9. The van der Waals surface area contributed by atoms with Gasteiger partial charge >= 0.3 is 0 Å². The number of likely N-dealkylation sites (tertiary alicyclic amines) is 1. The van der Waals surface area contributed by atoms with Crippen LogP contribution in [0.3, 0.4) is 0 Å². The Morgan fingerprint density at radius 3 is 1.94 bits per heavy atom. The third-order valence-corrected chi connectivity index (χ3v) is 15.7. The number of carbonyl (C=O) groups excluding carboxylic acids is 3. The summed E-state index contributed by atoms with van der Waals surface area (Å²) in [5.41, 5.74) is 12.9. The molecule has 1 saturated heterocycles. The molecule has 3 amide bonds. The maximum atomic E-state index is 13.1. The van der Waals surface area contributed by atoms with Gasteiger partial charge in [-0.1, -0.05) is 139 Å². The number of aromatic nitrogens is 5. The van der Waals surface area contributed by atoms with Crippen LogP contribution in [-0.2, 0) is 38.5 Å². The second kappa shape index (κ2) is 27.9. The molecule has 1 fully saturated rings. The van der Waals surface area contributed by atoms with E-state index >= 15 is 0 Å². The molecular formula is C63H90N10O4S. The first-order valence-electron chi connectivity index (χ1n) is 28.7. The zero-order chi connectivity index (χ0) is 57.1. The Hall–Kier alpha value is -5.80. The normalized spacial score (nSPS) is 19.0. The molecule has 0 radical (unpaired) electrons. The molecule has 0 spiro atoms. The summed E-state index contributed by atoms with van der Waals surface area (Å²) in [6, 6.07) is 26.0. The molecule has 3 aromatic carbocycles.